The maximum absolute atomic E-state index is 4.27. The highest BCUT2D eigenvalue weighted by Crippen LogP contribution is 2.23. The van der Waals surface area contributed by atoms with Crippen LogP contribution in [0.3, 0.4) is 0 Å². The van der Waals surface area contributed by atoms with Crippen molar-refractivity contribution in [2.45, 2.75) is 27.7 Å². The molecule has 0 aromatic heterocycles. The maximum atomic E-state index is 4.27. The Hall–Kier alpha value is -0.790. The molecule has 1 heterocycles. The van der Waals surface area contributed by atoms with Crippen molar-refractivity contribution in [2.75, 3.05) is 6.54 Å². The third-order valence-electron chi connectivity index (χ3n) is 1.76. The first-order valence-electron chi connectivity index (χ1n) is 3.98. The fraction of sp³-hybridized carbons (Fsp3) is 0.667. The van der Waals surface area contributed by atoms with E-state index < -0.39 is 0 Å². The lowest BCUT2D eigenvalue weighted by atomic mass is 9.92. The molecule has 0 unspecified atom stereocenters. The number of hydrogen-bond donors (Lipinski definition) is 1. The quantitative estimate of drug-likeness (QED) is 0.563. The molecule has 62 valence electrons. The van der Waals surface area contributed by atoms with Gasteiger partial charge in [-0.05, 0) is 6.92 Å². The molecule has 0 aliphatic carbocycles. The highest BCUT2D eigenvalue weighted by atomic mass is 15.0. The number of nitrogens with one attached hydrogen (secondary N) is 1. The van der Waals surface area contributed by atoms with E-state index in [-0.39, 0.29) is 5.41 Å². The van der Waals surface area contributed by atoms with Crippen LogP contribution in [0.4, 0.5) is 0 Å². The van der Waals surface area contributed by atoms with Crippen LogP contribution in [0.1, 0.15) is 27.7 Å². The van der Waals surface area contributed by atoms with E-state index in [2.05, 4.69) is 31.1 Å². The Morgan fingerprint density at radius 3 is 2.45 bits per heavy atom. The van der Waals surface area contributed by atoms with Crippen LogP contribution in [-0.4, -0.2) is 12.3 Å². The Balaban J connectivity index is 2.77. The predicted molar refractivity (Wildman–Crippen MR) is 48.6 cm³/mol. The molecule has 0 bridgehead atoms. The first-order valence-corrected chi connectivity index (χ1v) is 3.98. The fourth-order valence-electron chi connectivity index (χ4n) is 0.948. The molecular formula is C9H16N2. The second-order valence-electron chi connectivity index (χ2n) is 4.01. The number of allylic oxidation sites excluding steroid dienone is 1. The van der Waals surface area contributed by atoms with Gasteiger partial charge in [-0.1, -0.05) is 20.8 Å². The van der Waals surface area contributed by atoms with E-state index in [0.29, 0.717) is 0 Å². The van der Waals surface area contributed by atoms with Gasteiger partial charge in [0.05, 0.1) is 6.54 Å². The van der Waals surface area contributed by atoms with E-state index in [1.807, 2.05) is 13.1 Å². The smallest absolute Gasteiger partial charge is 0.0528 e. The molecule has 2 heteroatoms. The van der Waals surface area contributed by atoms with E-state index in [1.165, 1.54) is 5.70 Å². The average molecular weight is 152 g/mol. The number of aliphatic imine (C=N–C) groups is 1. The Bertz CT molecular complexity index is 206. The van der Waals surface area contributed by atoms with Crippen molar-refractivity contribution in [2.24, 2.45) is 10.4 Å². The Labute approximate surface area is 68.4 Å². The summed E-state index contributed by atoms with van der Waals surface area (Å²) in [6.45, 7) is 9.47. The molecule has 0 saturated carbocycles. The summed E-state index contributed by atoms with van der Waals surface area (Å²) < 4.78 is 0. The molecule has 0 aromatic carbocycles. The highest BCUT2D eigenvalue weighted by Gasteiger charge is 2.18. The molecule has 1 N–H and O–H groups in total. The highest BCUT2D eigenvalue weighted by molar-refractivity contribution is 5.85. The van der Waals surface area contributed by atoms with E-state index >= 15 is 0 Å². The van der Waals surface area contributed by atoms with Crippen molar-refractivity contribution >= 4 is 5.71 Å². The van der Waals surface area contributed by atoms with E-state index in [9.17, 15) is 0 Å². The second kappa shape index (κ2) is 2.68. The fourth-order valence-corrected chi connectivity index (χ4v) is 0.948. The molecule has 0 amide bonds. The molecule has 2 nitrogen and oxygen atoms in total. The molecule has 0 aromatic rings. The van der Waals surface area contributed by atoms with Crippen LogP contribution in [0, 0.1) is 5.41 Å². The molecule has 0 saturated heterocycles. The zero-order valence-electron chi connectivity index (χ0n) is 7.73. The standard InChI is InChI=1S/C9H16N2/c1-7-5-11-8(6-10-7)9(2,3)4/h6,11H,5H2,1-4H3. The van der Waals surface area contributed by atoms with Gasteiger partial charge in [-0.3, -0.25) is 4.99 Å². The third-order valence-corrected chi connectivity index (χ3v) is 1.76. The van der Waals surface area contributed by atoms with Crippen molar-refractivity contribution in [3.05, 3.63) is 11.9 Å². The van der Waals surface area contributed by atoms with Crippen molar-refractivity contribution in [1.82, 2.24) is 5.32 Å². The summed E-state index contributed by atoms with van der Waals surface area (Å²) in [4.78, 5) is 4.27. The lowest BCUT2D eigenvalue weighted by Gasteiger charge is -2.25. The minimum absolute atomic E-state index is 0.199. The first-order chi connectivity index (χ1) is 5.00. The minimum atomic E-state index is 0.199. The van der Waals surface area contributed by atoms with Crippen LogP contribution >= 0.6 is 0 Å². The topological polar surface area (TPSA) is 24.4 Å². The van der Waals surface area contributed by atoms with Gasteiger partial charge in [0, 0.05) is 23.0 Å². The second-order valence-corrected chi connectivity index (χ2v) is 4.01. The molecule has 11 heavy (non-hydrogen) atoms. The number of hydrogen-bond acceptors (Lipinski definition) is 2. The van der Waals surface area contributed by atoms with Gasteiger partial charge in [-0.2, -0.15) is 0 Å². The SMILES string of the molecule is CC1=NC=C(C(C)(C)C)NC1. The molecule has 1 aliphatic heterocycles. The third kappa shape index (κ3) is 2.07. The Morgan fingerprint density at radius 1 is 1.45 bits per heavy atom. The molecule has 1 rings (SSSR count). The van der Waals surface area contributed by atoms with E-state index in [0.717, 1.165) is 12.3 Å². The molecule has 0 fully saturated rings. The molecule has 1 aliphatic rings. The van der Waals surface area contributed by atoms with Crippen molar-refractivity contribution in [3.8, 4) is 0 Å². The van der Waals surface area contributed by atoms with E-state index in [4.69, 9.17) is 0 Å². The summed E-state index contributed by atoms with van der Waals surface area (Å²) in [6, 6.07) is 0. The van der Waals surface area contributed by atoms with Gasteiger partial charge in [-0.25, -0.2) is 0 Å². The Kier molecular flexibility index (Phi) is 2.03. The zero-order chi connectivity index (χ0) is 8.48. The van der Waals surface area contributed by atoms with Gasteiger partial charge in [-0.15, -0.1) is 0 Å². The number of nitrogens with zero attached hydrogens (tertiary/aromatic N) is 1. The van der Waals surface area contributed by atoms with Gasteiger partial charge < -0.3 is 5.32 Å². The predicted octanol–water partition coefficient (Wildman–Crippen LogP) is 1.94. The zero-order valence-corrected chi connectivity index (χ0v) is 7.73. The summed E-state index contributed by atoms with van der Waals surface area (Å²) in [5.41, 5.74) is 2.57. The summed E-state index contributed by atoms with van der Waals surface area (Å²) in [6.07, 6.45) is 1.93. The molecule has 0 radical (unpaired) electrons. The average Bonchev–Trinajstić information content (AvgIpc) is 1.86. The maximum Gasteiger partial charge on any atom is 0.0528 e. The van der Waals surface area contributed by atoms with Crippen LogP contribution in [0.2, 0.25) is 0 Å². The van der Waals surface area contributed by atoms with Crippen LogP contribution in [0.5, 0.6) is 0 Å². The van der Waals surface area contributed by atoms with Crippen molar-refractivity contribution in [3.63, 3.8) is 0 Å². The molecule has 0 spiro atoms. The Morgan fingerprint density at radius 2 is 2.09 bits per heavy atom. The molecular weight excluding hydrogens is 136 g/mol. The monoisotopic (exact) mass is 152 g/mol. The van der Waals surface area contributed by atoms with Gasteiger partial charge in [0.25, 0.3) is 0 Å². The minimum Gasteiger partial charge on any atom is -0.381 e. The van der Waals surface area contributed by atoms with E-state index in [1.54, 1.807) is 0 Å². The summed E-state index contributed by atoms with van der Waals surface area (Å²) >= 11 is 0. The lowest BCUT2D eigenvalue weighted by molar-refractivity contribution is 0.465. The number of rotatable bonds is 0. The summed E-state index contributed by atoms with van der Waals surface area (Å²) in [5, 5.41) is 3.34. The van der Waals surface area contributed by atoms with Crippen molar-refractivity contribution in [1.29, 1.82) is 0 Å². The van der Waals surface area contributed by atoms with Gasteiger partial charge in [0.15, 0.2) is 0 Å². The summed E-state index contributed by atoms with van der Waals surface area (Å²) in [7, 11) is 0. The van der Waals surface area contributed by atoms with Gasteiger partial charge in [0.1, 0.15) is 0 Å². The van der Waals surface area contributed by atoms with Crippen LogP contribution < -0.4 is 5.32 Å². The van der Waals surface area contributed by atoms with Crippen molar-refractivity contribution < 1.29 is 0 Å². The van der Waals surface area contributed by atoms with Crippen LogP contribution in [0.15, 0.2) is 16.9 Å². The van der Waals surface area contributed by atoms with Gasteiger partial charge in [0.2, 0.25) is 0 Å². The lowest BCUT2D eigenvalue weighted by Crippen LogP contribution is -2.30. The normalized spacial score (nSPS) is 18.5. The van der Waals surface area contributed by atoms with Crippen LogP contribution in [0.25, 0.3) is 0 Å². The van der Waals surface area contributed by atoms with Gasteiger partial charge >= 0.3 is 0 Å². The first kappa shape index (κ1) is 8.31. The molecule has 0 atom stereocenters. The summed E-state index contributed by atoms with van der Waals surface area (Å²) in [5.74, 6) is 0. The largest absolute Gasteiger partial charge is 0.381 e. The van der Waals surface area contributed by atoms with Crippen LogP contribution in [-0.2, 0) is 0 Å².